The first-order valence-electron chi connectivity index (χ1n) is 4.65. The van der Waals surface area contributed by atoms with E-state index in [0.29, 0.717) is 6.42 Å². The lowest BCUT2D eigenvalue weighted by atomic mass is 10.00. The van der Waals surface area contributed by atoms with Crippen LogP contribution in [0.1, 0.15) is 18.9 Å². The van der Waals surface area contributed by atoms with Gasteiger partial charge in [0.15, 0.2) is 5.78 Å². The molecule has 1 aromatic rings. The van der Waals surface area contributed by atoms with Gasteiger partial charge in [0.25, 0.3) is 0 Å². The average molecular weight is 186 g/mol. The lowest BCUT2D eigenvalue weighted by molar-refractivity contribution is -0.113. The summed E-state index contributed by atoms with van der Waals surface area (Å²) in [5, 5.41) is 0. The van der Waals surface area contributed by atoms with E-state index in [0.717, 1.165) is 11.1 Å². The number of allylic oxidation sites excluding steroid dienone is 3. The van der Waals surface area contributed by atoms with Crippen molar-refractivity contribution in [3.05, 3.63) is 54.6 Å². The van der Waals surface area contributed by atoms with Crippen molar-refractivity contribution < 1.29 is 4.79 Å². The van der Waals surface area contributed by atoms with Crippen LogP contribution in [0.5, 0.6) is 0 Å². The number of carbonyl (C=O) groups excluding carboxylic acids is 1. The molecule has 0 aliphatic carbocycles. The van der Waals surface area contributed by atoms with Crippen molar-refractivity contribution in [2.45, 2.75) is 13.3 Å². The Morgan fingerprint density at radius 2 is 2.00 bits per heavy atom. The molecular weight excluding hydrogens is 172 g/mol. The molecule has 0 aliphatic rings. The molecular formula is C13H14O. The highest BCUT2D eigenvalue weighted by atomic mass is 16.1. The van der Waals surface area contributed by atoms with Gasteiger partial charge in [0, 0.05) is 12.0 Å². The first kappa shape index (κ1) is 10.5. The minimum atomic E-state index is 0.119. The molecule has 0 bridgehead atoms. The highest BCUT2D eigenvalue weighted by molar-refractivity contribution is 6.21. The molecule has 0 fully saturated rings. The van der Waals surface area contributed by atoms with E-state index in [9.17, 15) is 4.79 Å². The summed E-state index contributed by atoms with van der Waals surface area (Å²) < 4.78 is 0. The fourth-order valence-electron chi connectivity index (χ4n) is 1.35. The molecule has 1 aromatic carbocycles. The summed E-state index contributed by atoms with van der Waals surface area (Å²) >= 11 is 0. The van der Waals surface area contributed by atoms with Gasteiger partial charge in [0.2, 0.25) is 0 Å². The summed E-state index contributed by atoms with van der Waals surface area (Å²) in [6.45, 7) is 5.44. The van der Waals surface area contributed by atoms with Gasteiger partial charge in [-0.3, -0.25) is 4.79 Å². The van der Waals surface area contributed by atoms with E-state index in [1.54, 1.807) is 6.08 Å². The van der Waals surface area contributed by atoms with Crippen LogP contribution in [0.15, 0.2) is 49.1 Å². The number of hydrogen-bond donors (Lipinski definition) is 0. The van der Waals surface area contributed by atoms with Crippen molar-refractivity contribution in [2.75, 3.05) is 0 Å². The first-order valence-corrected chi connectivity index (χ1v) is 4.65. The van der Waals surface area contributed by atoms with Crippen molar-refractivity contribution >= 4 is 11.4 Å². The SMILES string of the molecule is C=CCC(=O)C(=CC)c1ccccc1. The number of benzene rings is 1. The van der Waals surface area contributed by atoms with E-state index in [1.807, 2.05) is 43.3 Å². The fourth-order valence-corrected chi connectivity index (χ4v) is 1.35. The third kappa shape index (κ3) is 2.43. The maximum Gasteiger partial charge on any atom is 0.166 e. The Kier molecular flexibility index (Phi) is 3.86. The molecule has 0 amide bonds. The predicted molar refractivity (Wildman–Crippen MR) is 59.9 cm³/mol. The number of carbonyl (C=O) groups is 1. The predicted octanol–water partition coefficient (Wildman–Crippen LogP) is 3.24. The molecule has 1 rings (SSSR count). The summed E-state index contributed by atoms with van der Waals surface area (Å²) in [6.07, 6.45) is 3.88. The zero-order valence-corrected chi connectivity index (χ0v) is 8.36. The summed E-state index contributed by atoms with van der Waals surface area (Å²) in [6, 6.07) is 9.68. The minimum Gasteiger partial charge on any atom is -0.294 e. The topological polar surface area (TPSA) is 17.1 Å². The molecule has 0 spiro atoms. The number of ketones is 1. The Bertz CT molecular complexity index is 347. The zero-order chi connectivity index (χ0) is 10.4. The Labute approximate surface area is 84.8 Å². The number of hydrogen-bond acceptors (Lipinski definition) is 1. The van der Waals surface area contributed by atoms with E-state index < -0.39 is 0 Å². The second-order valence-corrected chi connectivity index (χ2v) is 2.98. The van der Waals surface area contributed by atoms with Gasteiger partial charge in [-0.25, -0.2) is 0 Å². The van der Waals surface area contributed by atoms with Crippen LogP contribution in [0.2, 0.25) is 0 Å². The molecule has 0 radical (unpaired) electrons. The second kappa shape index (κ2) is 5.18. The highest BCUT2D eigenvalue weighted by Crippen LogP contribution is 2.16. The maximum absolute atomic E-state index is 11.6. The summed E-state index contributed by atoms with van der Waals surface area (Å²) in [5.74, 6) is 0.119. The number of Topliss-reactive ketones (excluding diaryl/α,β-unsaturated/α-hetero) is 1. The molecule has 0 saturated carbocycles. The molecule has 0 aliphatic heterocycles. The van der Waals surface area contributed by atoms with Crippen LogP contribution in [0, 0.1) is 0 Å². The third-order valence-corrected chi connectivity index (χ3v) is 2.00. The van der Waals surface area contributed by atoms with E-state index in [1.165, 1.54) is 0 Å². The molecule has 0 unspecified atom stereocenters. The molecule has 0 N–H and O–H groups in total. The van der Waals surface area contributed by atoms with Crippen molar-refractivity contribution in [2.24, 2.45) is 0 Å². The van der Waals surface area contributed by atoms with Crippen molar-refractivity contribution in [1.82, 2.24) is 0 Å². The monoisotopic (exact) mass is 186 g/mol. The van der Waals surface area contributed by atoms with Crippen molar-refractivity contribution in [3.63, 3.8) is 0 Å². The van der Waals surface area contributed by atoms with E-state index in [2.05, 4.69) is 6.58 Å². The molecule has 0 atom stereocenters. The van der Waals surface area contributed by atoms with Gasteiger partial charge < -0.3 is 0 Å². The van der Waals surface area contributed by atoms with Gasteiger partial charge >= 0.3 is 0 Å². The minimum absolute atomic E-state index is 0.119. The summed E-state index contributed by atoms with van der Waals surface area (Å²) in [5.41, 5.74) is 1.74. The van der Waals surface area contributed by atoms with Gasteiger partial charge in [0.05, 0.1) is 0 Å². The second-order valence-electron chi connectivity index (χ2n) is 2.98. The molecule has 1 heteroatoms. The summed E-state index contributed by atoms with van der Waals surface area (Å²) in [4.78, 5) is 11.6. The van der Waals surface area contributed by atoms with E-state index >= 15 is 0 Å². The first-order chi connectivity index (χ1) is 6.79. The molecule has 0 saturated heterocycles. The Balaban J connectivity index is 2.95. The molecule has 0 aromatic heterocycles. The van der Waals surface area contributed by atoms with Gasteiger partial charge in [0.1, 0.15) is 0 Å². The fraction of sp³-hybridized carbons (Fsp3) is 0.154. The molecule has 1 nitrogen and oxygen atoms in total. The highest BCUT2D eigenvalue weighted by Gasteiger charge is 2.07. The quantitative estimate of drug-likeness (QED) is 0.521. The van der Waals surface area contributed by atoms with Crippen molar-refractivity contribution in [3.8, 4) is 0 Å². The maximum atomic E-state index is 11.6. The molecule has 0 heterocycles. The van der Waals surface area contributed by atoms with E-state index in [-0.39, 0.29) is 5.78 Å². The zero-order valence-electron chi connectivity index (χ0n) is 8.36. The van der Waals surface area contributed by atoms with Crippen LogP contribution in [0.4, 0.5) is 0 Å². The largest absolute Gasteiger partial charge is 0.294 e. The van der Waals surface area contributed by atoms with Crippen LogP contribution < -0.4 is 0 Å². The molecule has 14 heavy (non-hydrogen) atoms. The van der Waals surface area contributed by atoms with Crippen LogP contribution >= 0.6 is 0 Å². The smallest absolute Gasteiger partial charge is 0.166 e. The standard InChI is InChI=1S/C13H14O/c1-3-8-13(14)12(4-2)11-9-6-5-7-10-11/h3-7,9-10H,1,8H2,2H3. The van der Waals surface area contributed by atoms with Gasteiger partial charge in [-0.05, 0) is 12.5 Å². The van der Waals surface area contributed by atoms with Crippen molar-refractivity contribution in [1.29, 1.82) is 0 Å². The molecule has 72 valence electrons. The van der Waals surface area contributed by atoms with Crippen LogP contribution in [-0.2, 0) is 4.79 Å². The Morgan fingerprint density at radius 1 is 1.36 bits per heavy atom. The summed E-state index contributed by atoms with van der Waals surface area (Å²) in [7, 11) is 0. The average Bonchev–Trinajstić information content (AvgIpc) is 2.21. The lowest BCUT2D eigenvalue weighted by Gasteiger charge is -2.03. The van der Waals surface area contributed by atoms with Gasteiger partial charge in [-0.1, -0.05) is 42.5 Å². The Hall–Kier alpha value is -1.63. The van der Waals surface area contributed by atoms with Crippen LogP contribution in [-0.4, -0.2) is 5.78 Å². The number of rotatable bonds is 4. The third-order valence-electron chi connectivity index (χ3n) is 2.00. The Morgan fingerprint density at radius 3 is 2.50 bits per heavy atom. The lowest BCUT2D eigenvalue weighted by Crippen LogP contribution is -1.99. The van der Waals surface area contributed by atoms with E-state index in [4.69, 9.17) is 0 Å². The van der Waals surface area contributed by atoms with Crippen LogP contribution in [0.3, 0.4) is 0 Å². The van der Waals surface area contributed by atoms with Crippen LogP contribution in [0.25, 0.3) is 5.57 Å². The normalized spacial score (nSPS) is 11.1. The van der Waals surface area contributed by atoms with Gasteiger partial charge in [-0.2, -0.15) is 0 Å². The van der Waals surface area contributed by atoms with Gasteiger partial charge in [-0.15, -0.1) is 6.58 Å².